The van der Waals surface area contributed by atoms with Crippen LogP contribution in [0, 0.1) is 5.92 Å². The van der Waals surface area contributed by atoms with Crippen molar-refractivity contribution in [1.82, 2.24) is 10.3 Å². The van der Waals surface area contributed by atoms with Gasteiger partial charge in [0.15, 0.2) is 0 Å². The Morgan fingerprint density at radius 1 is 1.44 bits per heavy atom. The Labute approximate surface area is 103 Å². The van der Waals surface area contributed by atoms with Crippen LogP contribution in [-0.2, 0) is 6.42 Å². The highest BCUT2D eigenvalue weighted by atomic mass is 35.5. The quantitative estimate of drug-likeness (QED) is 0.825. The molecule has 0 aliphatic carbocycles. The van der Waals surface area contributed by atoms with Crippen LogP contribution >= 0.6 is 11.6 Å². The van der Waals surface area contributed by atoms with Crippen LogP contribution in [0.4, 0.5) is 0 Å². The smallest absolute Gasteiger partial charge is 0.0621 e. The Hall–Kier alpha value is -0.600. The van der Waals surface area contributed by atoms with Crippen molar-refractivity contribution in [3.63, 3.8) is 0 Å². The molecule has 0 amide bonds. The summed E-state index contributed by atoms with van der Waals surface area (Å²) in [7, 11) is 0. The first-order valence-electron chi connectivity index (χ1n) is 6.00. The fourth-order valence-electron chi connectivity index (χ4n) is 2.07. The molecule has 1 heterocycles. The van der Waals surface area contributed by atoms with E-state index in [0.29, 0.717) is 12.0 Å². The Balaban J connectivity index is 2.62. The molecule has 2 atom stereocenters. The van der Waals surface area contributed by atoms with Gasteiger partial charge in [-0.2, -0.15) is 0 Å². The van der Waals surface area contributed by atoms with Gasteiger partial charge in [0.1, 0.15) is 0 Å². The molecule has 0 radical (unpaired) electrons. The molecule has 1 aromatic rings. The van der Waals surface area contributed by atoms with E-state index in [9.17, 15) is 0 Å². The standard InChI is InChI=1S/C13H21ClN2/c1-4-13(16-5-2)10(3)8-11-6-7-15-9-12(11)14/h6-7,9-10,13,16H,4-5,8H2,1-3H3. The lowest BCUT2D eigenvalue weighted by molar-refractivity contribution is 0.371. The summed E-state index contributed by atoms with van der Waals surface area (Å²) in [4.78, 5) is 4.01. The predicted octanol–water partition coefficient (Wildman–Crippen LogP) is 3.30. The minimum Gasteiger partial charge on any atom is -0.314 e. The van der Waals surface area contributed by atoms with Crippen molar-refractivity contribution in [2.45, 2.75) is 39.7 Å². The van der Waals surface area contributed by atoms with E-state index in [2.05, 4.69) is 31.1 Å². The molecule has 0 spiro atoms. The van der Waals surface area contributed by atoms with Crippen molar-refractivity contribution in [1.29, 1.82) is 0 Å². The number of rotatable bonds is 6. The number of nitrogens with zero attached hydrogens (tertiary/aromatic N) is 1. The van der Waals surface area contributed by atoms with E-state index in [1.807, 2.05) is 12.3 Å². The largest absolute Gasteiger partial charge is 0.314 e. The lowest BCUT2D eigenvalue weighted by Crippen LogP contribution is -2.35. The maximum atomic E-state index is 6.11. The molecule has 1 aromatic heterocycles. The first kappa shape index (κ1) is 13.5. The van der Waals surface area contributed by atoms with Gasteiger partial charge in [-0.1, -0.05) is 32.4 Å². The Morgan fingerprint density at radius 2 is 2.19 bits per heavy atom. The molecule has 2 unspecified atom stereocenters. The summed E-state index contributed by atoms with van der Waals surface area (Å²) < 4.78 is 0. The summed E-state index contributed by atoms with van der Waals surface area (Å²) in [6.07, 6.45) is 5.69. The van der Waals surface area contributed by atoms with Crippen LogP contribution in [-0.4, -0.2) is 17.6 Å². The zero-order valence-corrected chi connectivity index (χ0v) is 11.1. The molecule has 0 aromatic carbocycles. The summed E-state index contributed by atoms with van der Waals surface area (Å²) >= 11 is 6.11. The monoisotopic (exact) mass is 240 g/mol. The van der Waals surface area contributed by atoms with Crippen LogP contribution in [0.2, 0.25) is 5.02 Å². The highest BCUT2D eigenvalue weighted by Gasteiger charge is 2.15. The second-order valence-electron chi connectivity index (χ2n) is 4.22. The summed E-state index contributed by atoms with van der Waals surface area (Å²) in [5.74, 6) is 0.588. The van der Waals surface area contributed by atoms with Crippen molar-refractivity contribution in [3.8, 4) is 0 Å². The maximum Gasteiger partial charge on any atom is 0.0621 e. The maximum absolute atomic E-state index is 6.11. The molecule has 3 heteroatoms. The van der Waals surface area contributed by atoms with Crippen molar-refractivity contribution in [3.05, 3.63) is 29.0 Å². The average Bonchev–Trinajstić information content (AvgIpc) is 2.29. The second kappa shape index (κ2) is 6.87. The Bertz CT molecular complexity index is 315. The van der Waals surface area contributed by atoms with Crippen molar-refractivity contribution in [2.75, 3.05) is 6.54 Å². The van der Waals surface area contributed by atoms with Gasteiger partial charge in [0.05, 0.1) is 5.02 Å². The lowest BCUT2D eigenvalue weighted by atomic mass is 9.92. The predicted molar refractivity (Wildman–Crippen MR) is 69.9 cm³/mol. The highest BCUT2D eigenvalue weighted by molar-refractivity contribution is 6.31. The Morgan fingerprint density at radius 3 is 2.75 bits per heavy atom. The third-order valence-corrected chi connectivity index (χ3v) is 3.33. The van der Waals surface area contributed by atoms with Gasteiger partial charge in [0.25, 0.3) is 0 Å². The van der Waals surface area contributed by atoms with Crippen molar-refractivity contribution in [2.24, 2.45) is 5.92 Å². The van der Waals surface area contributed by atoms with Gasteiger partial charge in [-0.15, -0.1) is 0 Å². The van der Waals surface area contributed by atoms with E-state index in [-0.39, 0.29) is 0 Å². The number of pyridine rings is 1. The van der Waals surface area contributed by atoms with Crippen LogP contribution in [0.25, 0.3) is 0 Å². The highest BCUT2D eigenvalue weighted by Crippen LogP contribution is 2.20. The van der Waals surface area contributed by atoms with Crippen LogP contribution in [0.1, 0.15) is 32.8 Å². The van der Waals surface area contributed by atoms with E-state index in [4.69, 9.17) is 11.6 Å². The first-order valence-corrected chi connectivity index (χ1v) is 6.38. The zero-order valence-electron chi connectivity index (χ0n) is 10.3. The summed E-state index contributed by atoms with van der Waals surface area (Å²) in [5, 5.41) is 4.29. The molecule has 90 valence electrons. The Kier molecular flexibility index (Phi) is 5.78. The molecule has 0 saturated carbocycles. The fourth-order valence-corrected chi connectivity index (χ4v) is 2.27. The molecule has 0 aliphatic rings. The van der Waals surface area contributed by atoms with Gasteiger partial charge in [0.2, 0.25) is 0 Å². The molecule has 1 N–H and O–H groups in total. The van der Waals surface area contributed by atoms with Gasteiger partial charge in [0, 0.05) is 18.4 Å². The van der Waals surface area contributed by atoms with Crippen molar-refractivity contribution >= 4 is 11.6 Å². The molecular weight excluding hydrogens is 220 g/mol. The van der Waals surface area contributed by atoms with Crippen LogP contribution in [0.5, 0.6) is 0 Å². The van der Waals surface area contributed by atoms with Crippen LogP contribution in [0.3, 0.4) is 0 Å². The molecule has 0 aliphatic heterocycles. The number of nitrogens with one attached hydrogen (secondary N) is 1. The van der Waals surface area contributed by atoms with Gasteiger partial charge in [-0.05, 0) is 36.9 Å². The minimum absolute atomic E-state index is 0.564. The summed E-state index contributed by atoms with van der Waals surface area (Å²) in [6, 6.07) is 2.58. The molecule has 0 fully saturated rings. The third kappa shape index (κ3) is 3.76. The summed E-state index contributed by atoms with van der Waals surface area (Å²) in [5.41, 5.74) is 1.19. The zero-order chi connectivity index (χ0) is 12.0. The summed E-state index contributed by atoms with van der Waals surface area (Å²) in [6.45, 7) is 7.66. The SMILES string of the molecule is CCNC(CC)C(C)Cc1ccncc1Cl. The van der Waals surface area contributed by atoms with Crippen molar-refractivity contribution < 1.29 is 0 Å². The molecule has 0 bridgehead atoms. The van der Waals surface area contributed by atoms with Crippen LogP contribution < -0.4 is 5.32 Å². The van der Waals surface area contributed by atoms with Gasteiger partial charge in [-0.3, -0.25) is 4.98 Å². The average molecular weight is 241 g/mol. The number of hydrogen-bond donors (Lipinski definition) is 1. The third-order valence-electron chi connectivity index (χ3n) is 2.99. The van der Waals surface area contributed by atoms with Gasteiger partial charge in [-0.25, -0.2) is 0 Å². The van der Waals surface area contributed by atoms with E-state index < -0.39 is 0 Å². The minimum atomic E-state index is 0.564. The van der Waals surface area contributed by atoms with Gasteiger partial charge >= 0.3 is 0 Å². The molecule has 1 rings (SSSR count). The molecule has 2 nitrogen and oxygen atoms in total. The molecule has 16 heavy (non-hydrogen) atoms. The molecular formula is C13H21ClN2. The van der Waals surface area contributed by atoms with Crippen LogP contribution in [0.15, 0.2) is 18.5 Å². The van der Waals surface area contributed by atoms with Gasteiger partial charge < -0.3 is 5.32 Å². The van der Waals surface area contributed by atoms with E-state index in [1.165, 1.54) is 5.56 Å². The lowest BCUT2D eigenvalue weighted by Gasteiger charge is -2.23. The number of hydrogen-bond acceptors (Lipinski definition) is 2. The van der Waals surface area contributed by atoms with E-state index >= 15 is 0 Å². The second-order valence-corrected chi connectivity index (χ2v) is 4.63. The van der Waals surface area contributed by atoms with E-state index in [0.717, 1.165) is 24.4 Å². The number of aromatic nitrogens is 1. The number of halogens is 1. The first-order chi connectivity index (χ1) is 7.69. The normalized spacial score (nSPS) is 14.8. The molecule has 0 saturated heterocycles. The van der Waals surface area contributed by atoms with E-state index in [1.54, 1.807) is 6.20 Å². The fraction of sp³-hybridized carbons (Fsp3) is 0.615. The topological polar surface area (TPSA) is 24.9 Å².